The highest BCUT2D eigenvalue weighted by Gasteiger charge is 2.23. The summed E-state index contributed by atoms with van der Waals surface area (Å²) >= 11 is 0. The Labute approximate surface area is 90.6 Å². The number of alkyl carbamates (subject to hydrolysis) is 1. The third-order valence-electron chi connectivity index (χ3n) is 1.91. The lowest BCUT2D eigenvalue weighted by Crippen LogP contribution is -2.48. The molecule has 0 aliphatic carbocycles. The van der Waals surface area contributed by atoms with E-state index in [2.05, 4.69) is 10.6 Å². The van der Waals surface area contributed by atoms with E-state index in [9.17, 15) is 9.59 Å². The lowest BCUT2D eigenvalue weighted by molar-refractivity contribution is -0.123. The predicted molar refractivity (Wildman–Crippen MR) is 57.5 cm³/mol. The third kappa shape index (κ3) is 5.24. The zero-order valence-electron chi connectivity index (χ0n) is 9.79. The first kappa shape index (κ1) is 13.7. The van der Waals surface area contributed by atoms with E-state index in [1.165, 1.54) is 7.05 Å². The van der Waals surface area contributed by atoms with Crippen LogP contribution in [0.2, 0.25) is 0 Å². The quantitative estimate of drug-likeness (QED) is 0.717. The molecule has 2 N–H and O–H groups in total. The first-order valence-electron chi connectivity index (χ1n) is 5.17. The molecule has 0 unspecified atom stereocenters. The smallest absolute Gasteiger partial charge is 0.407 e. The van der Waals surface area contributed by atoms with Gasteiger partial charge in [-0.25, -0.2) is 4.79 Å². The van der Waals surface area contributed by atoms with Crippen molar-refractivity contribution in [1.29, 1.82) is 0 Å². The molecule has 15 heavy (non-hydrogen) atoms. The fraction of sp³-hybridized carbons (Fsp3) is 0.800. The molecule has 88 valence electrons. The third-order valence-corrected chi connectivity index (χ3v) is 1.91. The Morgan fingerprint density at radius 3 is 2.33 bits per heavy atom. The topological polar surface area (TPSA) is 67.4 Å². The first-order chi connectivity index (χ1) is 7.02. The zero-order chi connectivity index (χ0) is 11.8. The average Bonchev–Trinajstić information content (AvgIpc) is 2.21. The van der Waals surface area contributed by atoms with Crippen LogP contribution < -0.4 is 10.6 Å². The summed E-state index contributed by atoms with van der Waals surface area (Å²) in [6, 6.07) is -0.542. The number of likely N-dealkylation sites (N-methyl/N-ethyl adjacent to an activating group) is 1. The molecule has 0 saturated carbocycles. The van der Waals surface area contributed by atoms with E-state index in [4.69, 9.17) is 4.74 Å². The fourth-order valence-electron chi connectivity index (χ4n) is 1.05. The van der Waals surface area contributed by atoms with Gasteiger partial charge in [0.1, 0.15) is 6.04 Å². The Balaban J connectivity index is 4.17. The molecule has 0 aromatic heterocycles. The minimum Gasteiger partial charge on any atom is -0.450 e. The molecule has 0 aromatic rings. The van der Waals surface area contributed by atoms with E-state index in [-0.39, 0.29) is 11.8 Å². The summed E-state index contributed by atoms with van der Waals surface area (Å²) in [5, 5.41) is 5.03. The lowest BCUT2D eigenvalue weighted by atomic mass is 10.0. The maximum atomic E-state index is 11.4. The van der Waals surface area contributed by atoms with Crippen molar-refractivity contribution in [3.63, 3.8) is 0 Å². The maximum Gasteiger partial charge on any atom is 0.407 e. The zero-order valence-corrected chi connectivity index (χ0v) is 9.79. The predicted octanol–water partition coefficient (Wildman–Crippen LogP) is 0.893. The Hall–Kier alpha value is -1.26. The fourth-order valence-corrected chi connectivity index (χ4v) is 1.05. The van der Waals surface area contributed by atoms with Crippen molar-refractivity contribution in [2.75, 3.05) is 13.7 Å². The van der Waals surface area contributed by atoms with Gasteiger partial charge in [0.25, 0.3) is 0 Å². The highest BCUT2D eigenvalue weighted by atomic mass is 16.5. The van der Waals surface area contributed by atoms with Crippen LogP contribution in [0.4, 0.5) is 4.79 Å². The van der Waals surface area contributed by atoms with Gasteiger partial charge in [0.15, 0.2) is 0 Å². The SMILES string of the molecule is CCCOC(=O)N[C@H](C(=O)NC)C(C)C. The molecule has 0 aromatic carbocycles. The summed E-state index contributed by atoms with van der Waals surface area (Å²) in [6.45, 7) is 6.00. The van der Waals surface area contributed by atoms with E-state index in [0.29, 0.717) is 6.61 Å². The number of amides is 2. The standard InChI is InChI=1S/C10H20N2O3/c1-5-6-15-10(14)12-8(7(2)3)9(13)11-4/h7-8H,5-6H2,1-4H3,(H,11,13)(H,12,14)/t8-/m0/s1. The largest absolute Gasteiger partial charge is 0.450 e. The van der Waals surface area contributed by atoms with Gasteiger partial charge in [-0.2, -0.15) is 0 Å². The summed E-state index contributed by atoms with van der Waals surface area (Å²) < 4.78 is 4.84. The highest BCUT2D eigenvalue weighted by molar-refractivity contribution is 5.85. The second-order valence-corrected chi connectivity index (χ2v) is 3.62. The van der Waals surface area contributed by atoms with Crippen molar-refractivity contribution in [2.24, 2.45) is 5.92 Å². The molecular weight excluding hydrogens is 196 g/mol. The number of ether oxygens (including phenoxy) is 1. The lowest BCUT2D eigenvalue weighted by Gasteiger charge is -2.20. The van der Waals surface area contributed by atoms with Crippen molar-refractivity contribution in [3.05, 3.63) is 0 Å². The van der Waals surface area contributed by atoms with E-state index < -0.39 is 12.1 Å². The molecule has 0 rings (SSSR count). The minimum absolute atomic E-state index is 0.0270. The van der Waals surface area contributed by atoms with Crippen LogP contribution in [0.1, 0.15) is 27.2 Å². The average molecular weight is 216 g/mol. The van der Waals surface area contributed by atoms with Crippen LogP contribution in [0, 0.1) is 5.92 Å². The molecule has 0 aliphatic heterocycles. The van der Waals surface area contributed by atoms with Gasteiger partial charge >= 0.3 is 6.09 Å². The van der Waals surface area contributed by atoms with Gasteiger partial charge < -0.3 is 15.4 Å². The van der Waals surface area contributed by atoms with Crippen LogP contribution in [0.3, 0.4) is 0 Å². The van der Waals surface area contributed by atoms with E-state index in [0.717, 1.165) is 6.42 Å². The Bertz CT molecular complexity index is 217. The first-order valence-corrected chi connectivity index (χ1v) is 5.17. The highest BCUT2D eigenvalue weighted by Crippen LogP contribution is 2.01. The van der Waals surface area contributed by atoms with Crippen molar-refractivity contribution in [1.82, 2.24) is 10.6 Å². The number of hydrogen-bond donors (Lipinski definition) is 2. The summed E-state index contributed by atoms with van der Waals surface area (Å²) in [5.74, 6) is -0.183. The molecule has 0 radical (unpaired) electrons. The molecular formula is C10H20N2O3. The molecule has 1 atom stereocenters. The van der Waals surface area contributed by atoms with Gasteiger partial charge in [0.05, 0.1) is 6.61 Å². The van der Waals surface area contributed by atoms with Gasteiger partial charge in [-0.1, -0.05) is 20.8 Å². The van der Waals surface area contributed by atoms with Gasteiger partial charge in [-0.05, 0) is 12.3 Å². The van der Waals surface area contributed by atoms with Crippen LogP contribution in [-0.2, 0) is 9.53 Å². The van der Waals surface area contributed by atoms with E-state index in [1.54, 1.807) is 0 Å². The Kier molecular flexibility index (Phi) is 6.49. The molecule has 0 heterocycles. The molecule has 0 bridgehead atoms. The van der Waals surface area contributed by atoms with Crippen LogP contribution in [0.5, 0.6) is 0 Å². The number of nitrogens with one attached hydrogen (secondary N) is 2. The summed E-state index contributed by atoms with van der Waals surface area (Å²) in [6.07, 6.45) is 0.221. The van der Waals surface area contributed by atoms with Gasteiger partial charge in [0, 0.05) is 7.05 Å². The van der Waals surface area contributed by atoms with Crippen LogP contribution in [-0.4, -0.2) is 31.7 Å². The number of rotatable bonds is 5. The Morgan fingerprint density at radius 1 is 1.33 bits per heavy atom. The molecule has 0 saturated heterocycles. The number of carbonyl (C=O) groups is 2. The van der Waals surface area contributed by atoms with Crippen LogP contribution in [0.15, 0.2) is 0 Å². The van der Waals surface area contributed by atoms with E-state index in [1.807, 2.05) is 20.8 Å². The summed E-state index contributed by atoms with van der Waals surface area (Å²) in [5.41, 5.74) is 0. The van der Waals surface area contributed by atoms with Gasteiger partial charge in [-0.3, -0.25) is 4.79 Å². The molecule has 5 heteroatoms. The Morgan fingerprint density at radius 2 is 1.93 bits per heavy atom. The summed E-state index contributed by atoms with van der Waals surface area (Å²) in [7, 11) is 1.54. The maximum absolute atomic E-state index is 11.4. The van der Waals surface area contributed by atoms with Crippen molar-refractivity contribution in [3.8, 4) is 0 Å². The summed E-state index contributed by atoms with van der Waals surface area (Å²) in [4.78, 5) is 22.6. The molecule has 0 fully saturated rings. The monoisotopic (exact) mass is 216 g/mol. The number of hydrogen-bond acceptors (Lipinski definition) is 3. The van der Waals surface area contributed by atoms with Gasteiger partial charge in [-0.15, -0.1) is 0 Å². The molecule has 2 amide bonds. The van der Waals surface area contributed by atoms with Crippen LogP contribution >= 0.6 is 0 Å². The second kappa shape index (κ2) is 7.09. The second-order valence-electron chi connectivity index (χ2n) is 3.62. The number of carbonyl (C=O) groups excluding carboxylic acids is 2. The molecule has 0 aliphatic rings. The van der Waals surface area contributed by atoms with Crippen molar-refractivity contribution in [2.45, 2.75) is 33.2 Å². The van der Waals surface area contributed by atoms with Crippen LogP contribution in [0.25, 0.3) is 0 Å². The van der Waals surface area contributed by atoms with E-state index >= 15 is 0 Å². The van der Waals surface area contributed by atoms with Crippen molar-refractivity contribution < 1.29 is 14.3 Å². The molecule has 5 nitrogen and oxygen atoms in total. The van der Waals surface area contributed by atoms with Crippen molar-refractivity contribution >= 4 is 12.0 Å². The molecule has 0 spiro atoms. The van der Waals surface area contributed by atoms with Gasteiger partial charge in [0.2, 0.25) is 5.91 Å². The minimum atomic E-state index is -0.542. The normalized spacial score (nSPS) is 12.1.